The van der Waals surface area contributed by atoms with E-state index in [0.717, 1.165) is 96.3 Å². The second-order valence-corrected chi connectivity index (χ2v) is 24.1. The first-order valence-electron chi connectivity index (χ1n) is 32.4. The molecule has 0 fully saturated rings. The Morgan fingerprint density at radius 3 is 1.18 bits per heavy atom. The van der Waals surface area contributed by atoms with E-state index in [1.54, 1.807) is 6.08 Å². The van der Waals surface area contributed by atoms with Gasteiger partial charge in [-0.2, -0.15) is 0 Å². The van der Waals surface area contributed by atoms with Crippen LogP contribution in [0.15, 0.2) is 122 Å². The molecule has 2 N–H and O–H groups in total. The normalized spacial score (nSPS) is 14.6. The van der Waals surface area contributed by atoms with Crippen LogP contribution in [0.1, 0.15) is 264 Å². The number of nitrogens with one attached hydrogen (secondary N) is 1. The second-order valence-electron chi connectivity index (χ2n) is 22.7. The zero-order valence-corrected chi connectivity index (χ0v) is 52.7. The van der Waals surface area contributed by atoms with Crippen LogP contribution in [0.2, 0.25) is 0 Å². The summed E-state index contributed by atoms with van der Waals surface area (Å²) in [5.74, 6) is -0.218. The summed E-state index contributed by atoms with van der Waals surface area (Å²) < 4.78 is 23.4. The Bertz CT molecular complexity index is 1700. The van der Waals surface area contributed by atoms with Crippen LogP contribution in [0.3, 0.4) is 0 Å². The van der Waals surface area contributed by atoms with Gasteiger partial charge in [0.05, 0.1) is 39.9 Å². The summed E-state index contributed by atoms with van der Waals surface area (Å²) in [6.45, 7) is 4.51. The molecule has 3 unspecified atom stereocenters. The number of phosphoric acid groups is 1. The highest BCUT2D eigenvalue weighted by Crippen LogP contribution is 2.38. The number of carbonyl (C=O) groups is 1. The minimum atomic E-state index is -4.62. The maximum atomic E-state index is 13.0. The van der Waals surface area contributed by atoms with Gasteiger partial charge in [-0.05, 0) is 103 Å². The lowest BCUT2D eigenvalue weighted by molar-refractivity contribution is -0.870. The first-order chi connectivity index (χ1) is 38.5. The number of nitrogens with zero attached hydrogens (tertiary/aromatic N) is 1. The predicted molar refractivity (Wildman–Crippen MR) is 343 cm³/mol. The lowest BCUT2D eigenvalue weighted by atomic mass is 10.0. The van der Waals surface area contributed by atoms with Crippen LogP contribution in [0, 0.1) is 0 Å². The Balaban J connectivity index is 4.22. The minimum absolute atomic E-state index is 0.0150. The van der Waals surface area contributed by atoms with Gasteiger partial charge < -0.3 is 28.8 Å². The van der Waals surface area contributed by atoms with Crippen molar-refractivity contribution in [3.05, 3.63) is 122 Å². The monoisotopic (exact) mass is 1120 g/mol. The Morgan fingerprint density at radius 1 is 0.456 bits per heavy atom. The fourth-order valence-electron chi connectivity index (χ4n) is 8.87. The first kappa shape index (κ1) is 75.9. The van der Waals surface area contributed by atoms with Gasteiger partial charge in [-0.1, -0.05) is 277 Å². The third-order valence-corrected chi connectivity index (χ3v) is 14.8. The van der Waals surface area contributed by atoms with Crippen molar-refractivity contribution in [3.8, 4) is 0 Å². The summed E-state index contributed by atoms with van der Waals surface area (Å²) in [6, 6.07) is -0.921. The Labute approximate surface area is 488 Å². The van der Waals surface area contributed by atoms with Crippen molar-refractivity contribution in [3.63, 3.8) is 0 Å². The molecular weight excluding hydrogens is 996 g/mol. The van der Waals surface area contributed by atoms with Gasteiger partial charge in [-0.15, -0.1) is 0 Å². The number of hydrogen-bond donors (Lipinski definition) is 2. The molecule has 9 heteroatoms. The van der Waals surface area contributed by atoms with Gasteiger partial charge in [0.15, 0.2) is 0 Å². The highest BCUT2D eigenvalue weighted by Gasteiger charge is 2.23. The summed E-state index contributed by atoms with van der Waals surface area (Å²) in [4.78, 5) is 25.6. The highest BCUT2D eigenvalue weighted by atomic mass is 31.2. The van der Waals surface area contributed by atoms with Gasteiger partial charge in [0.2, 0.25) is 5.91 Å². The molecule has 0 aliphatic heterocycles. The molecule has 0 bridgehead atoms. The molecule has 454 valence electrons. The van der Waals surface area contributed by atoms with Gasteiger partial charge in [-0.25, -0.2) is 0 Å². The molecule has 3 atom stereocenters. The van der Waals surface area contributed by atoms with E-state index in [0.29, 0.717) is 17.4 Å². The third-order valence-electron chi connectivity index (χ3n) is 13.9. The molecule has 0 saturated heterocycles. The number of rotatable bonds is 58. The average molecular weight is 1120 g/mol. The maximum Gasteiger partial charge on any atom is 0.268 e. The van der Waals surface area contributed by atoms with Crippen LogP contribution >= 0.6 is 7.82 Å². The lowest BCUT2D eigenvalue weighted by Gasteiger charge is -2.29. The zero-order valence-electron chi connectivity index (χ0n) is 51.8. The molecular formula is C70H123N2O6P. The molecule has 0 heterocycles. The average Bonchev–Trinajstić information content (AvgIpc) is 3.42. The first-order valence-corrected chi connectivity index (χ1v) is 33.9. The van der Waals surface area contributed by atoms with Crippen molar-refractivity contribution < 1.29 is 32.9 Å². The van der Waals surface area contributed by atoms with E-state index in [1.165, 1.54) is 148 Å². The van der Waals surface area contributed by atoms with E-state index in [9.17, 15) is 19.4 Å². The van der Waals surface area contributed by atoms with Crippen molar-refractivity contribution in [1.29, 1.82) is 0 Å². The smallest absolute Gasteiger partial charge is 0.268 e. The van der Waals surface area contributed by atoms with Crippen LogP contribution in [0.25, 0.3) is 0 Å². The van der Waals surface area contributed by atoms with Crippen LogP contribution in [-0.2, 0) is 18.4 Å². The Kier molecular flexibility index (Phi) is 57.2. The molecule has 8 nitrogen and oxygen atoms in total. The van der Waals surface area contributed by atoms with Crippen molar-refractivity contribution >= 4 is 13.7 Å². The highest BCUT2D eigenvalue weighted by molar-refractivity contribution is 7.45. The molecule has 0 radical (unpaired) electrons. The lowest BCUT2D eigenvalue weighted by Crippen LogP contribution is -2.45. The van der Waals surface area contributed by atoms with Gasteiger partial charge in [0.25, 0.3) is 7.82 Å². The maximum absolute atomic E-state index is 13.0. The summed E-state index contributed by atoms with van der Waals surface area (Å²) in [6.07, 6.45) is 88.7. The van der Waals surface area contributed by atoms with Gasteiger partial charge in [0.1, 0.15) is 13.2 Å². The van der Waals surface area contributed by atoms with Gasteiger partial charge in [-0.3, -0.25) is 9.36 Å². The van der Waals surface area contributed by atoms with E-state index in [2.05, 4.69) is 129 Å². The minimum Gasteiger partial charge on any atom is -0.756 e. The number of aliphatic hydroxyl groups is 1. The molecule has 0 spiro atoms. The molecule has 0 aromatic carbocycles. The quantitative estimate of drug-likeness (QED) is 0.0272. The van der Waals surface area contributed by atoms with Crippen LogP contribution in [0.4, 0.5) is 0 Å². The van der Waals surface area contributed by atoms with Crippen molar-refractivity contribution in [1.82, 2.24) is 5.32 Å². The molecule has 0 aliphatic rings. The topological polar surface area (TPSA) is 108 Å². The van der Waals surface area contributed by atoms with Crippen molar-refractivity contribution in [2.24, 2.45) is 0 Å². The number of aliphatic hydroxyl groups excluding tert-OH is 1. The Hall–Kier alpha value is -3.10. The number of amides is 1. The molecule has 1 amide bonds. The van der Waals surface area contributed by atoms with Crippen LogP contribution < -0.4 is 10.2 Å². The van der Waals surface area contributed by atoms with E-state index in [4.69, 9.17) is 9.05 Å². The summed E-state index contributed by atoms with van der Waals surface area (Å²) in [5, 5.41) is 13.9. The Morgan fingerprint density at radius 2 is 0.785 bits per heavy atom. The fourth-order valence-corrected chi connectivity index (χ4v) is 9.60. The van der Waals surface area contributed by atoms with Crippen LogP contribution in [-0.4, -0.2) is 68.5 Å². The van der Waals surface area contributed by atoms with E-state index >= 15 is 0 Å². The number of allylic oxidation sites excluding steroid dienone is 19. The summed E-state index contributed by atoms with van der Waals surface area (Å²) in [5.41, 5.74) is 0. The number of unbranched alkanes of at least 4 members (excludes halogenated alkanes) is 27. The van der Waals surface area contributed by atoms with Crippen molar-refractivity contribution in [2.75, 3.05) is 40.9 Å². The number of quaternary nitrogens is 1. The standard InChI is InChI=1S/C70H123N2O6P/c1-6-8-10-12-14-16-18-20-22-24-26-28-30-32-33-34-35-36-37-38-39-40-42-44-46-48-50-52-54-56-58-60-62-64-70(74)71-68(67-78-79(75,76)77-66-65-72(3,4)5)69(73)63-61-59-57-55-53-51-49-47-45-43-41-31-29-27-25-23-21-19-17-15-13-11-9-7-2/h8,10,14,16,20,22,26,28,32-33,35-36,38-39,45,47,53,55,61,63,68-69,73H,6-7,9,11-13,15,17-19,21,23-25,27,29-31,34,37,40-44,46,48-52,54,56-60,62,64-67H2,1-5H3,(H-,71,74,75,76)/b10-8-,16-14-,22-20-,28-26-,33-32-,36-35-,39-38-,47-45+,55-53+,63-61+. The molecule has 79 heavy (non-hydrogen) atoms. The van der Waals surface area contributed by atoms with Gasteiger partial charge in [0, 0.05) is 6.42 Å². The van der Waals surface area contributed by atoms with E-state index < -0.39 is 26.6 Å². The number of hydrogen-bond acceptors (Lipinski definition) is 6. The summed E-state index contributed by atoms with van der Waals surface area (Å²) in [7, 11) is 1.22. The van der Waals surface area contributed by atoms with Crippen LogP contribution in [0.5, 0.6) is 0 Å². The zero-order chi connectivity index (χ0) is 57.7. The van der Waals surface area contributed by atoms with E-state index in [-0.39, 0.29) is 12.5 Å². The number of phosphoric ester groups is 1. The summed E-state index contributed by atoms with van der Waals surface area (Å²) >= 11 is 0. The predicted octanol–water partition coefficient (Wildman–Crippen LogP) is 19.9. The third kappa shape index (κ3) is 62.4. The van der Waals surface area contributed by atoms with Gasteiger partial charge >= 0.3 is 0 Å². The molecule has 0 aromatic heterocycles. The molecule has 0 aliphatic carbocycles. The molecule has 0 saturated carbocycles. The fraction of sp³-hybridized carbons (Fsp3) is 0.700. The number of carbonyl (C=O) groups excluding carboxylic acids is 1. The second kappa shape index (κ2) is 59.5. The molecule has 0 aromatic rings. The largest absolute Gasteiger partial charge is 0.756 e. The SMILES string of the molecule is CC/C=C\C/C=C\C/C=C\C/C=C\C/C=C\C/C=C\C/C=C\CCCCCCCCCCCCCC(=O)NC(COP(=O)([O-])OCC[N+](C)(C)C)C(O)/C=C/CC/C=C/CC/C=C/CCCCCCCCCCCCCCCC. The number of likely N-dealkylation sites (N-methyl/N-ethyl adjacent to an activating group) is 1. The van der Waals surface area contributed by atoms with Crippen molar-refractivity contribution in [2.45, 2.75) is 276 Å². The molecule has 0 rings (SSSR count). The van der Waals surface area contributed by atoms with E-state index in [1.807, 2.05) is 27.2 Å².